The molecule has 1 fully saturated rings. The number of imidazole rings is 1. The average molecular weight is 259 g/mol. The Morgan fingerprint density at radius 3 is 2.74 bits per heavy atom. The summed E-state index contributed by atoms with van der Waals surface area (Å²) in [7, 11) is 0. The molecule has 1 aromatic heterocycles. The van der Waals surface area contributed by atoms with Crippen LogP contribution in [0.2, 0.25) is 0 Å². The average Bonchev–Trinajstić information content (AvgIpc) is 3.14. The number of H-pyrrole nitrogens is 1. The van der Waals surface area contributed by atoms with E-state index in [0.717, 1.165) is 41.8 Å². The molecule has 0 spiro atoms. The Balaban J connectivity index is 1.70. The Bertz CT molecular complexity index is 555. The Morgan fingerprint density at radius 1 is 1.32 bits per heavy atom. The summed E-state index contributed by atoms with van der Waals surface area (Å²) in [5, 5.41) is 3.47. The van der Waals surface area contributed by atoms with E-state index in [1.165, 1.54) is 25.0 Å². The molecular weight excluding hydrogens is 241 g/mol. The quantitative estimate of drug-likeness (QED) is 0.867. The van der Waals surface area contributed by atoms with Crippen LogP contribution in [0.15, 0.2) is 24.3 Å². The predicted octanol–water partition coefficient (Wildman–Crippen LogP) is 2.82. The minimum Gasteiger partial charge on any atom is -0.346 e. The molecular formula is C15H18FN3. The van der Waals surface area contributed by atoms with E-state index in [-0.39, 0.29) is 5.82 Å². The van der Waals surface area contributed by atoms with Crippen LogP contribution >= 0.6 is 0 Å². The van der Waals surface area contributed by atoms with Gasteiger partial charge in [0, 0.05) is 30.3 Å². The highest BCUT2D eigenvalue weighted by atomic mass is 19.1. The zero-order chi connectivity index (χ0) is 13.2. The molecule has 4 heteroatoms. The predicted molar refractivity (Wildman–Crippen MR) is 73.4 cm³/mol. The van der Waals surface area contributed by atoms with Gasteiger partial charge in [-0.3, -0.25) is 0 Å². The van der Waals surface area contributed by atoms with Crippen molar-refractivity contribution in [2.24, 2.45) is 0 Å². The molecule has 0 atom stereocenters. The van der Waals surface area contributed by atoms with Crippen LogP contribution in [0, 0.1) is 12.7 Å². The standard InChI is InChI=1S/C15H18FN3/c1-10-15(11-2-4-12(16)5-3-11)19-14(18-10)8-9-17-13-6-7-13/h2-5,13,17H,6-9H2,1H3,(H,18,19). The van der Waals surface area contributed by atoms with Crippen LogP contribution in [0.5, 0.6) is 0 Å². The Kier molecular flexibility index (Phi) is 3.34. The first-order valence-electron chi connectivity index (χ1n) is 6.77. The molecule has 0 amide bonds. The topological polar surface area (TPSA) is 40.7 Å². The molecule has 19 heavy (non-hydrogen) atoms. The van der Waals surface area contributed by atoms with Crippen molar-refractivity contribution in [1.29, 1.82) is 0 Å². The first kappa shape index (κ1) is 12.4. The highest BCUT2D eigenvalue weighted by molar-refractivity contribution is 5.61. The van der Waals surface area contributed by atoms with E-state index in [1.807, 2.05) is 6.92 Å². The molecule has 1 aliphatic rings. The van der Waals surface area contributed by atoms with Crippen LogP contribution in [0.25, 0.3) is 11.3 Å². The summed E-state index contributed by atoms with van der Waals surface area (Å²) in [4.78, 5) is 7.92. The second-order valence-corrected chi connectivity index (χ2v) is 5.14. The largest absolute Gasteiger partial charge is 0.346 e. The highest BCUT2D eigenvalue weighted by Crippen LogP contribution is 2.22. The van der Waals surface area contributed by atoms with E-state index < -0.39 is 0 Å². The van der Waals surface area contributed by atoms with Crippen molar-refractivity contribution >= 4 is 0 Å². The van der Waals surface area contributed by atoms with Gasteiger partial charge in [-0.1, -0.05) is 0 Å². The summed E-state index contributed by atoms with van der Waals surface area (Å²) in [5.74, 6) is 0.774. The molecule has 3 rings (SSSR count). The first-order chi connectivity index (χ1) is 9.22. The van der Waals surface area contributed by atoms with Crippen LogP contribution in [-0.2, 0) is 6.42 Å². The van der Waals surface area contributed by atoms with Crippen LogP contribution in [0.3, 0.4) is 0 Å². The second-order valence-electron chi connectivity index (χ2n) is 5.14. The monoisotopic (exact) mass is 259 g/mol. The molecule has 0 saturated heterocycles. The van der Waals surface area contributed by atoms with Crippen LogP contribution in [0.4, 0.5) is 4.39 Å². The maximum absolute atomic E-state index is 12.9. The van der Waals surface area contributed by atoms with Gasteiger partial charge >= 0.3 is 0 Å². The summed E-state index contributed by atoms with van der Waals surface area (Å²) in [5.41, 5.74) is 2.91. The second kappa shape index (κ2) is 5.13. The van der Waals surface area contributed by atoms with Crippen molar-refractivity contribution in [2.75, 3.05) is 6.54 Å². The Hall–Kier alpha value is -1.68. The molecule has 0 radical (unpaired) electrons. The number of halogens is 1. The third-order valence-corrected chi connectivity index (χ3v) is 3.42. The van der Waals surface area contributed by atoms with Crippen LogP contribution in [0.1, 0.15) is 24.4 Å². The fourth-order valence-corrected chi connectivity index (χ4v) is 2.21. The molecule has 0 unspecified atom stereocenters. The fourth-order valence-electron chi connectivity index (χ4n) is 2.21. The molecule has 0 aliphatic heterocycles. The number of aromatic nitrogens is 2. The van der Waals surface area contributed by atoms with Crippen molar-refractivity contribution < 1.29 is 4.39 Å². The van der Waals surface area contributed by atoms with Crippen molar-refractivity contribution in [2.45, 2.75) is 32.2 Å². The first-order valence-corrected chi connectivity index (χ1v) is 6.77. The molecule has 3 nitrogen and oxygen atoms in total. The maximum Gasteiger partial charge on any atom is 0.123 e. The van der Waals surface area contributed by atoms with E-state index in [2.05, 4.69) is 15.3 Å². The molecule has 0 bridgehead atoms. The summed E-state index contributed by atoms with van der Waals surface area (Å²) >= 11 is 0. The van der Waals surface area contributed by atoms with Gasteiger partial charge in [0.05, 0.1) is 5.69 Å². The zero-order valence-corrected chi connectivity index (χ0v) is 11.0. The summed E-state index contributed by atoms with van der Waals surface area (Å²) in [6.07, 6.45) is 3.51. The summed E-state index contributed by atoms with van der Waals surface area (Å²) in [6, 6.07) is 7.21. The van der Waals surface area contributed by atoms with Crippen molar-refractivity contribution in [3.8, 4) is 11.3 Å². The lowest BCUT2D eigenvalue weighted by molar-refractivity contribution is 0.628. The van der Waals surface area contributed by atoms with Gasteiger partial charge < -0.3 is 10.3 Å². The van der Waals surface area contributed by atoms with E-state index in [4.69, 9.17) is 0 Å². The number of aryl methyl sites for hydroxylation is 1. The van der Waals surface area contributed by atoms with E-state index in [1.54, 1.807) is 12.1 Å². The fraction of sp³-hybridized carbons (Fsp3) is 0.400. The minimum atomic E-state index is -0.217. The number of nitrogens with zero attached hydrogens (tertiary/aromatic N) is 1. The molecule has 1 aromatic carbocycles. The number of hydrogen-bond donors (Lipinski definition) is 2. The maximum atomic E-state index is 12.9. The van der Waals surface area contributed by atoms with Gasteiger partial charge in [-0.15, -0.1) is 0 Å². The van der Waals surface area contributed by atoms with Gasteiger partial charge in [0.15, 0.2) is 0 Å². The van der Waals surface area contributed by atoms with Crippen LogP contribution < -0.4 is 5.32 Å². The number of rotatable bonds is 5. The van der Waals surface area contributed by atoms with E-state index in [0.29, 0.717) is 0 Å². The van der Waals surface area contributed by atoms with Gasteiger partial charge in [-0.2, -0.15) is 0 Å². The van der Waals surface area contributed by atoms with Crippen molar-refractivity contribution in [3.63, 3.8) is 0 Å². The lowest BCUT2D eigenvalue weighted by Gasteiger charge is -1.99. The zero-order valence-electron chi connectivity index (χ0n) is 11.0. The van der Waals surface area contributed by atoms with Gasteiger partial charge in [0.2, 0.25) is 0 Å². The third-order valence-electron chi connectivity index (χ3n) is 3.42. The minimum absolute atomic E-state index is 0.217. The van der Waals surface area contributed by atoms with Gasteiger partial charge in [-0.05, 0) is 44.0 Å². The SMILES string of the molecule is Cc1[nH]c(CCNC2CC2)nc1-c1ccc(F)cc1. The molecule has 1 saturated carbocycles. The lowest BCUT2D eigenvalue weighted by atomic mass is 10.1. The number of hydrogen-bond acceptors (Lipinski definition) is 2. The van der Waals surface area contributed by atoms with E-state index in [9.17, 15) is 4.39 Å². The van der Waals surface area contributed by atoms with E-state index >= 15 is 0 Å². The normalized spacial score (nSPS) is 14.8. The van der Waals surface area contributed by atoms with Gasteiger partial charge in [0.25, 0.3) is 0 Å². The number of nitrogens with one attached hydrogen (secondary N) is 2. The highest BCUT2D eigenvalue weighted by Gasteiger charge is 2.20. The Labute approximate surface area is 112 Å². The molecule has 2 N–H and O–H groups in total. The lowest BCUT2D eigenvalue weighted by Crippen LogP contribution is -2.19. The Morgan fingerprint density at radius 2 is 2.05 bits per heavy atom. The molecule has 1 heterocycles. The number of benzene rings is 1. The van der Waals surface area contributed by atoms with Crippen LogP contribution in [-0.4, -0.2) is 22.6 Å². The molecule has 1 aliphatic carbocycles. The molecule has 2 aromatic rings. The number of aromatic amines is 1. The van der Waals surface area contributed by atoms with Gasteiger partial charge in [-0.25, -0.2) is 9.37 Å². The van der Waals surface area contributed by atoms with Crippen molar-refractivity contribution in [3.05, 3.63) is 41.6 Å². The van der Waals surface area contributed by atoms with Gasteiger partial charge in [0.1, 0.15) is 11.6 Å². The van der Waals surface area contributed by atoms with Crippen molar-refractivity contribution in [1.82, 2.24) is 15.3 Å². The smallest absolute Gasteiger partial charge is 0.123 e. The molecule has 100 valence electrons. The third kappa shape index (κ3) is 3.01. The summed E-state index contributed by atoms with van der Waals surface area (Å²) < 4.78 is 12.9. The summed E-state index contributed by atoms with van der Waals surface area (Å²) in [6.45, 7) is 2.96.